The molecule has 1 saturated heterocycles. The van der Waals surface area contributed by atoms with Crippen molar-refractivity contribution in [1.29, 1.82) is 0 Å². The minimum Gasteiger partial charge on any atom is -0.460 e. The minimum atomic E-state index is -0.0974. The van der Waals surface area contributed by atoms with Gasteiger partial charge in [0.15, 0.2) is 5.17 Å². The summed E-state index contributed by atoms with van der Waals surface area (Å²) < 4.78 is 5.28. The molecule has 1 aliphatic heterocycles. The van der Waals surface area contributed by atoms with Crippen LogP contribution >= 0.6 is 11.8 Å². The third-order valence-corrected chi connectivity index (χ3v) is 2.96. The van der Waals surface area contributed by atoms with Gasteiger partial charge in [0.2, 0.25) is 5.91 Å². The predicted molar refractivity (Wildman–Crippen MR) is 63.7 cm³/mol. The summed E-state index contributed by atoms with van der Waals surface area (Å²) in [7, 11) is 0. The highest BCUT2D eigenvalue weighted by atomic mass is 32.2. The average molecular weight is 237 g/mol. The third kappa shape index (κ3) is 2.52. The Balaban J connectivity index is 1.99. The van der Waals surface area contributed by atoms with Crippen molar-refractivity contribution in [2.75, 3.05) is 0 Å². The van der Waals surface area contributed by atoms with Gasteiger partial charge in [-0.3, -0.25) is 4.79 Å². The van der Waals surface area contributed by atoms with Crippen LogP contribution in [0.2, 0.25) is 0 Å². The molecule has 5 nitrogen and oxygen atoms in total. The molecule has 0 unspecified atom stereocenters. The summed E-state index contributed by atoms with van der Waals surface area (Å²) in [6.07, 6.45) is 1.51. The Hall–Kier alpha value is -1.56. The fourth-order valence-corrected chi connectivity index (χ4v) is 1.92. The van der Waals surface area contributed by atoms with E-state index in [1.54, 1.807) is 0 Å². The molecule has 1 atom stereocenters. The summed E-state index contributed by atoms with van der Waals surface area (Å²) >= 11 is 1.36. The molecule has 2 rings (SSSR count). The van der Waals surface area contributed by atoms with Gasteiger partial charge >= 0.3 is 0 Å². The van der Waals surface area contributed by atoms with E-state index in [4.69, 9.17) is 4.42 Å². The molecule has 0 aromatic carbocycles. The van der Waals surface area contributed by atoms with Crippen LogP contribution in [0.25, 0.3) is 0 Å². The van der Waals surface area contributed by atoms with Crippen molar-refractivity contribution in [3.8, 4) is 0 Å². The van der Waals surface area contributed by atoms with Crippen LogP contribution in [0.3, 0.4) is 0 Å². The van der Waals surface area contributed by atoms with Gasteiger partial charge in [-0.25, -0.2) is 0 Å². The molecule has 16 heavy (non-hydrogen) atoms. The zero-order valence-corrected chi connectivity index (χ0v) is 9.75. The molecule has 0 bridgehead atoms. The molecule has 2 heterocycles. The van der Waals surface area contributed by atoms with Crippen molar-refractivity contribution in [2.45, 2.75) is 19.1 Å². The van der Waals surface area contributed by atoms with Crippen LogP contribution in [-0.4, -0.2) is 22.5 Å². The second kappa shape index (κ2) is 4.52. The topological polar surface area (TPSA) is 67.0 Å². The number of amidine groups is 1. The number of carbonyl (C=O) groups excluding carboxylic acids is 1. The van der Waals surface area contributed by atoms with E-state index in [0.717, 1.165) is 5.76 Å². The Morgan fingerprint density at radius 1 is 1.56 bits per heavy atom. The molecule has 84 valence electrons. The quantitative estimate of drug-likeness (QED) is 0.626. The van der Waals surface area contributed by atoms with Gasteiger partial charge in [-0.1, -0.05) is 11.8 Å². The van der Waals surface area contributed by atoms with Crippen LogP contribution < -0.4 is 5.32 Å². The van der Waals surface area contributed by atoms with Crippen molar-refractivity contribution >= 4 is 29.1 Å². The van der Waals surface area contributed by atoms with E-state index in [9.17, 15) is 4.79 Å². The molecule has 0 radical (unpaired) electrons. The lowest BCUT2D eigenvalue weighted by Gasteiger charge is -1.88. The number of rotatable bonds is 2. The standard InChI is InChI=1S/C10H11N3O2S/c1-6-3-4-8(15-6)5-11-13-10-12-9(14)7(2)16-10/h3-5,7H,1-2H3,(H,12,13,14)/b11-5+/t7-/m0/s1. The average Bonchev–Trinajstić information content (AvgIpc) is 2.75. The van der Waals surface area contributed by atoms with E-state index in [1.807, 2.05) is 26.0 Å². The van der Waals surface area contributed by atoms with E-state index < -0.39 is 0 Å². The first-order chi connectivity index (χ1) is 7.65. The van der Waals surface area contributed by atoms with E-state index >= 15 is 0 Å². The predicted octanol–water partition coefficient (Wildman–Crippen LogP) is 1.53. The number of hydrogen-bond acceptors (Lipinski definition) is 5. The Morgan fingerprint density at radius 2 is 2.38 bits per heavy atom. The summed E-state index contributed by atoms with van der Waals surface area (Å²) in [5.74, 6) is 1.43. The fraction of sp³-hybridized carbons (Fsp3) is 0.300. The highest BCUT2D eigenvalue weighted by Crippen LogP contribution is 2.18. The molecule has 0 spiro atoms. The lowest BCUT2D eigenvalue weighted by Crippen LogP contribution is -2.23. The first kappa shape index (κ1) is 10.9. The maximum Gasteiger partial charge on any atom is 0.239 e. The lowest BCUT2D eigenvalue weighted by molar-refractivity contribution is -0.118. The SMILES string of the molecule is Cc1ccc(/C=N/N=C2\NC(=O)[C@H](C)S2)o1. The first-order valence-corrected chi connectivity index (χ1v) is 5.68. The second-order valence-corrected chi connectivity index (χ2v) is 4.68. The number of thioether (sulfide) groups is 1. The highest BCUT2D eigenvalue weighted by Gasteiger charge is 2.25. The van der Waals surface area contributed by atoms with Crippen LogP contribution in [0.1, 0.15) is 18.4 Å². The third-order valence-electron chi connectivity index (χ3n) is 1.98. The van der Waals surface area contributed by atoms with Crippen molar-refractivity contribution in [1.82, 2.24) is 5.32 Å². The van der Waals surface area contributed by atoms with E-state index in [1.165, 1.54) is 18.0 Å². The van der Waals surface area contributed by atoms with Gasteiger partial charge in [-0.15, -0.1) is 5.10 Å². The van der Waals surface area contributed by atoms with Crippen molar-refractivity contribution in [3.05, 3.63) is 23.7 Å². The van der Waals surface area contributed by atoms with Crippen LogP contribution in [-0.2, 0) is 4.79 Å². The molecule has 1 N–H and O–H groups in total. The van der Waals surface area contributed by atoms with E-state index in [2.05, 4.69) is 15.5 Å². The van der Waals surface area contributed by atoms with Crippen molar-refractivity contribution in [3.63, 3.8) is 0 Å². The van der Waals surface area contributed by atoms with Crippen molar-refractivity contribution < 1.29 is 9.21 Å². The van der Waals surface area contributed by atoms with E-state index in [0.29, 0.717) is 10.9 Å². The van der Waals surface area contributed by atoms with E-state index in [-0.39, 0.29) is 11.2 Å². The molecular formula is C10H11N3O2S. The molecular weight excluding hydrogens is 226 g/mol. The maximum absolute atomic E-state index is 11.1. The fourth-order valence-electron chi connectivity index (χ4n) is 1.17. The number of carbonyl (C=O) groups is 1. The number of nitrogens with zero attached hydrogens (tertiary/aromatic N) is 2. The highest BCUT2D eigenvalue weighted by molar-refractivity contribution is 8.15. The van der Waals surface area contributed by atoms with Crippen LogP contribution in [0.4, 0.5) is 0 Å². The normalized spacial score (nSPS) is 23.2. The Bertz CT molecular complexity index is 464. The molecule has 1 aromatic rings. The molecule has 1 amide bonds. The van der Waals surface area contributed by atoms with Gasteiger partial charge in [0.05, 0.1) is 11.5 Å². The number of hydrogen-bond donors (Lipinski definition) is 1. The maximum atomic E-state index is 11.1. The molecule has 1 fully saturated rings. The monoisotopic (exact) mass is 237 g/mol. The first-order valence-electron chi connectivity index (χ1n) is 4.80. The number of furan rings is 1. The zero-order chi connectivity index (χ0) is 11.5. The summed E-state index contributed by atoms with van der Waals surface area (Å²) in [4.78, 5) is 11.1. The molecule has 0 aliphatic carbocycles. The van der Waals surface area contributed by atoms with Gasteiger partial charge < -0.3 is 9.73 Å². The van der Waals surface area contributed by atoms with Gasteiger partial charge in [-0.05, 0) is 26.0 Å². The zero-order valence-electron chi connectivity index (χ0n) is 8.93. The molecule has 1 aliphatic rings. The minimum absolute atomic E-state index is 0.0345. The van der Waals surface area contributed by atoms with Gasteiger partial charge in [0.25, 0.3) is 0 Å². The lowest BCUT2D eigenvalue weighted by atomic mass is 10.4. The molecule has 0 saturated carbocycles. The van der Waals surface area contributed by atoms with Gasteiger partial charge in [-0.2, -0.15) is 5.10 Å². The number of nitrogens with one attached hydrogen (secondary N) is 1. The van der Waals surface area contributed by atoms with Crippen LogP contribution in [0, 0.1) is 6.92 Å². The second-order valence-electron chi connectivity index (χ2n) is 3.35. The summed E-state index contributed by atoms with van der Waals surface area (Å²) in [6, 6.07) is 3.66. The largest absolute Gasteiger partial charge is 0.460 e. The van der Waals surface area contributed by atoms with Crippen LogP contribution in [0.5, 0.6) is 0 Å². The Morgan fingerprint density at radius 3 is 2.94 bits per heavy atom. The summed E-state index contributed by atoms with van der Waals surface area (Å²) in [6.45, 7) is 3.68. The van der Waals surface area contributed by atoms with Crippen LogP contribution in [0.15, 0.2) is 26.8 Å². The van der Waals surface area contributed by atoms with Gasteiger partial charge in [0.1, 0.15) is 11.5 Å². The smallest absolute Gasteiger partial charge is 0.239 e. The molecule has 1 aromatic heterocycles. The Labute approximate surface area is 97.0 Å². The number of amides is 1. The summed E-state index contributed by atoms with van der Waals surface area (Å²) in [5.41, 5.74) is 0. The van der Waals surface area contributed by atoms with Crippen molar-refractivity contribution in [2.24, 2.45) is 10.2 Å². The molecule has 6 heteroatoms. The summed E-state index contributed by atoms with van der Waals surface area (Å²) in [5, 5.41) is 10.8. The Kier molecular flexibility index (Phi) is 3.09. The van der Waals surface area contributed by atoms with Gasteiger partial charge in [0, 0.05) is 0 Å². The number of aryl methyl sites for hydroxylation is 1.